The van der Waals surface area contributed by atoms with Gasteiger partial charge in [0.25, 0.3) is 0 Å². The highest BCUT2D eigenvalue weighted by Gasteiger charge is 2.04. The fourth-order valence-electron chi connectivity index (χ4n) is 2.09. The number of hydrogen-bond donors (Lipinski definition) is 2. The first-order chi connectivity index (χ1) is 13.6. The summed E-state index contributed by atoms with van der Waals surface area (Å²) in [5, 5.41) is 4.81. The molecule has 0 bridgehead atoms. The van der Waals surface area contributed by atoms with Crippen molar-refractivity contribution in [2.45, 2.75) is 20.8 Å². The molecular weight excluding hydrogens is 407 g/mol. The summed E-state index contributed by atoms with van der Waals surface area (Å²) in [6.45, 7) is 6.08. The molecule has 0 aliphatic rings. The number of hydrazone groups is 1. The summed E-state index contributed by atoms with van der Waals surface area (Å²) in [6.07, 6.45) is 3.28. The summed E-state index contributed by atoms with van der Waals surface area (Å²) < 4.78 is 0. The second kappa shape index (κ2) is 16.1. The summed E-state index contributed by atoms with van der Waals surface area (Å²) >= 11 is 15.6. The van der Waals surface area contributed by atoms with Gasteiger partial charge in [-0.1, -0.05) is 97.2 Å². The smallest absolute Gasteiger partial charge is 0.0538 e. The normalized spacial score (nSPS) is 9.25. The van der Waals surface area contributed by atoms with E-state index in [1.807, 2.05) is 62.4 Å². The van der Waals surface area contributed by atoms with Crippen molar-refractivity contribution in [3.63, 3.8) is 0 Å². The van der Waals surface area contributed by atoms with Crippen LogP contribution in [-0.4, -0.2) is 12.5 Å². The average Bonchev–Trinajstić information content (AvgIpc) is 2.75. The third-order valence-corrected chi connectivity index (χ3v) is 3.88. The van der Waals surface area contributed by atoms with Gasteiger partial charge in [-0.25, -0.2) is 0 Å². The molecule has 2 nitrogen and oxygen atoms in total. The maximum atomic E-state index is 6.13. The van der Waals surface area contributed by atoms with E-state index in [1.54, 1.807) is 24.6 Å². The Morgan fingerprint density at radius 3 is 1.89 bits per heavy atom. The van der Waals surface area contributed by atoms with Crippen LogP contribution in [0.5, 0.6) is 0 Å². The molecule has 3 aromatic carbocycles. The van der Waals surface area contributed by atoms with Gasteiger partial charge >= 0.3 is 0 Å². The molecule has 0 spiro atoms. The monoisotopic (exact) mass is 434 g/mol. The first kappa shape index (κ1) is 26.1. The third kappa shape index (κ3) is 9.84. The predicted octanol–water partition coefficient (Wildman–Crippen LogP) is 7.52. The van der Waals surface area contributed by atoms with Crippen molar-refractivity contribution in [2.75, 3.05) is 6.26 Å². The molecule has 2 N–H and O–H groups in total. The maximum absolute atomic E-state index is 6.13. The molecule has 0 saturated carbocycles. The number of benzene rings is 3. The molecular formula is C23H28Cl2N2S. The summed E-state index contributed by atoms with van der Waals surface area (Å²) in [5.74, 6) is 5.08. The largest absolute Gasteiger partial charge is 0.323 e. The Morgan fingerprint density at radius 2 is 1.43 bits per heavy atom. The van der Waals surface area contributed by atoms with Crippen LogP contribution in [0, 0.1) is 6.92 Å². The van der Waals surface area contributed by atoms with Gasteiger partial charge in [-0.05, 0) is 42.5 Å². The van der Waals surface area contributed by atoms with Crippen molar-refractivity contribution in [3.8, 4) is 11.1 Å². The van der Waals surface area contributed by atoms with Crippen LogP contribution in [0.2, 0.25) is 10.0 Å². The quantitative estimate of drug-likeness (QED) is 0.186. The second-order valence-electron chi connectivity index (χ2n) is 5.18. The lowest BCUT2D eigenvalue weighted by Crippen LogP contribution is -1.86. The van der Waals surface area contributed by atoms with Crippen LogP contribution in [0.3, 0.4) is 0 Å². The van der Waals surface area contributed by atoms with E-state index in [0.29, 0.717) is 10.0 Å². The number of nitrogens with zero attached hydrogens (tertiary/aromatic N) is 1. The van der Waals surface area contributed by atoms with Gasteiger partial charge in [-0.2, -0.15) is 17.7 Å². The molecule has 3 rings (SSSR count). The molecule has 28 heavy (non-hydrogen) atoms. The molecule has 5 heteroatoms. The van der Waals surface area contributed by atoms with Crippen LogP contribution in [0.25, 0.3) is 11.1 Å². The van der Waals surface area contributed by atoms with Gasteiger partial charge < -0.3 is 5.84 Å². The van der Waals surface area contributed by atoms with Crippen molar-refractivity contribution in [3.05, 3.63) is 94.0 Å². The minimum atomic E-state index is 0.664. The lowest BCUT2D eigenvalue weighted by molar-refractivity contribution is 1.26. The molecule has 0 heterocycles. The van der Waals surface area contributed by atoms with Crippen LogP contribution in [0.15, 0.2) is 77.9 Å². The van der Waals surface area contributed by atoms with E-state index in [-0.39, 0.29) is 0 Å². The lowest BCUT2D eigenvalue weighted by Gasteiger charge is -2.05. The molecule has 0 aliphatic heterocycles. The molecule has 150 valence electrons. The molecule has 0 atom stereocenters. The summed E-state index contributed by atoms with van der Waals surface area (Å²) in [5.41, 5.74) is 4.18. The Balaban J connectivity index is 0.000000553. The van der Waals surface area contributed by atoms with Crippen LogP contribution in [-0.2, 0) is 0 Å². The van der Waals surface area contributed by atoms with Crippen LogP contribution in [0.1, 0.15) is 25.0 Å². The van der Waals surface area contributed by atoms with Crippen molar-refractivity contribution in [2.24, 2.45) is 10.9 Å². The summed E-state index contributed by atoms with van der Waals surface area (Å²) in [7, 11) is 0. The van der Waals surface area contributed by atoms with Crippen LogP contribution < -0.4 is 5.84 Å². The zero-order valence-corrected chi connectivity index (χ0v) is 19.1. The molecule has 3 aromatic rings. The molecule has 0 fully saturated rings. The first-order valence-electron chi connectivity index (χ1n) is 8.85. The lowest BCUT2D eigenvalue weighted by atomic mass is 10.0. The Morgan fingerprint density at radius 1 is 0.857 bits per heavy atom. The Labute approximate surface area is 184 Å². The summed E-state index contributed by atoms with van der Waals surface area (Å²) in [6, 6.07) is 23.4. The first-order valence-corrected chi connectivity index (χ1v) is 10.5. The van der Waals surface area contributed by atoms with Crippen molar-refractivity contribution < 1.29 is 0 Å². The Hall–Kier alpha value is -1.94. The number of rotatable bonds is 2. The molecule has 0 unspecified atom stereocenters. The SMILES string of the molecule is CC.CS.Cc1ccccc1.N/N=C/c1ccc(-c2cc(Cl)ccc2Cl)cc1. The number of nitrogens with two attached hydrogens (primary N) is 1. The van der Waals surface area contributed by atoms with Crippen LogP contribution in [0.4, 0.5) is 0 Å². The van der Waals surface area contributed by atoms with E-state index in [9.17, 15) is 0 Å². The second-order valence-corrected chi connectivity index (χ2v) is 6.02. The van der Waals surface area contributed by atoms with Gasteiger partial charge in [0.15, 0.2) is 0 Å². The van der Waals surface area contributed by atoms with E-state index < -0.39 is 0 Å². The van der Waals surface area contributed by atoms with Gasteiger partial charge in [-0.15, -0.1) is 0 Å². The van der Waals surface area contributed by atoms with Gasteiger partial charge in [0.2, 0.25) is 0 Å². The minimum absolute atomic E-state index is 0.664. The standard InChI is InChI=1S/C13H10Cl2N2.C7H8.C2H6.CH4S/c14-11-5-6-13(15)12(7-11)10-3-1-9(2-4-10)8-17-16;1-7-5-3-2-4-6-7;2*1-2/h1-8H,16H2;2-6H,1H3;1-2H3;2H,1H3/b17-8+;;;. The Kier molecular flexibility index (Phi) is 14.9. The zero-order valence-electron chi connectivity index (χ0n) is 16.7. The molecule has 0 radical (unpaired) electrons. The van der Waals surface area contributed by atoms with E-state index >= 15 is 0 Å². The zero-order chi connectivity index (χ0) is 21.4. The molecule has 0 saturated heterocycles. The molecule has 0 amide bonds. The predicted molar refractivity (Wildman–Crippen MR) is 131 cm³/mol. The van der Waals surface area contributed by atoms with E-state index in [1.165, 1.54) is 5.56 Å². The van der Waals surface area contributed by atoms with Crippen molar-refractivity contribution in [1.82, 2.24) is 0 Å². The average molecular weight is 435 g/mol. The molecule has 0 aromatic heterocycles. The third-order valence-electron chi connectivity index (χ3n) is 3.31. The highest BCUT2D eigenvalue weighted by atomic mass is 35.5. The highest BCUT2D eigenvalue weighted by Crippen LogP contribution is 2.30. The highest BCUT2D eigenvalue weighted by molar-refractivity contribution is 7.79. The van der Waals surface area contributed by atoms with Gasteiger partial charge in [-0.3, -0.25) is 0 Å². The van der Waals surface area contributed by atoms with Crippen molar-refractivity contribution in [1.29, 1.82) is 0 Å². The van der Waals surface area contributed by atoms with Crippen molar-refractivity contribution >= 4 is 42.0 Å². The van der Waals surface area contributed by atoms with E-state index in [0.717, 1.165) is 16.7 Å². The Bertz CT molecular complexity index is 805. The minimum Gasteiger partial charge on any atom is -0.323 e. The topological polar surface area (TPSA) is 38.4 Å². The maximum Gasteiger partial charge on any atom is 0.0538 e. The van der Waals surface area contributed by atoms with Gasteiger partial charge in [0.05, 0.1) is 6.21 Å². The fourth-order valence-corrected chi connectivity index (χ4v) is 2.49. The summed E-state index contributed by atoms with van der Waals surface area (Å²) in [4.78, 5) is 0. The fraction of sp³-hybridized carbons (Fsp3) is 0.174. The number of thiol groups is 1. The number of hydrogen-bond acceptors (Lipinski definition) is 3. The van der Waals surface area contributed by atoms with E-state index in [4.69, 9.17) is 29.0 Å². The number of aryl methyl sites for hydroxylation is 1. The van der Waals surface area contributed by atoms with Crippen LogP contribution >= 0.6 is 35.8 Å². The number of halogens is 2. The van der Waals surface area contributed by atoms with Gasteiger partial charge in [0.1, 0.15) is 0 Å². The van der Waals surface area contributed by atoms with E-state index in [2.05, 4.69) is 36.8 Å². The van der Waals surface area contributed by atoms with Gasteiger partial charge in [0, 0.05) is 15.6 Å². The molecule has 0 aliphatic carbocycles.